The number of methoxy groups -OCH3 is 1. The van der Waals surface area contributed by atoms with Crippen molar-refractivity contribution in [2.45, 2.75) is 11.3 Å². The molecule has 1 aromatic rings. The van der Waals surface area contributed by atoms with Crippen molar-refractivity contribution in [3.63, 3.8) is 0 Å². The Balaban J connectivity index is 2.81. The molecule has 0 atom stereocenters. The van der Waals surface area contributed by atoms with Gasteiger partial charge in [-0.15, -0.1) is 0 Å². The molecule has 0 saturated heterocycles. The number of carbonyl (C=O) groups excluding carboxylic acids is 1. The highest BCUT2D eigenvalue weighted by Gasteiger charge is 2.22. The van der Waals surface area contributed by atoms with Crippen molar-refractivity contribution in [1.29, 1.82) is 0 Å². The highest BCUT2D eigenvalue weighted by Crippen LogP contribution is 2.18. The van der Waals surface area contributed by atoms with E-state index in [1.807, 2.05) is 0 Å². The Morgan fingerprint density at radius 2 is 2.10 bits per heavy atom. The van der Waals surface area contributed by atoms with Crippen molar-refractivity contribution in [2.24, 2.45) is 5.73 Å². The molecule has 6 nitrogen and oxygen atoms in total. The van der Waals surface area contributed by atoms with E-state index in [0.717, 1.165) is 0 Å². The summed E-state index contributed by atoms with van der Waals surface area (Å²) in [5, 5.41) is 0. The van der Waals surface area contributed by atoms with Gasteiger partial charge in [-0.1, -0.05) is 6.07 Å². The minimum Gasteiger partial charge on any atom is -0.497 e. The van der Waals surface area contributed by atoms with Crippen molar-refractivity contribution in [2.75, 3.05) is 33.0 Å². The molecule has 0 fully saturated rings. The van der Waals surface area contributed by atoms with E-state index in [-0.39, 0.29) is 4.90 Å². The maximum absolute atomic E-state index is 12.2. The van der Waals surface area contributed by atoms with E-state index in [1.54, 1.807) is 19.2 Å². The van der Waals surface area contributed by atoms with Gasteiger partial charge in [0, 0.05) is 13.6 Å². The predicted molar refractivity (Wildman–Crippen MR) is 76.4 cm³/mol. The van der Waals surface area contributed by atoms with Gasteiger partial charge < -0.3 is 15.4 Å². The van der Waals surface area contributed by atoms with E-state index in [0.29, 0.717) is 25.3 Å². The molecule has 1 aromatic carbocycles. The van der Waals surface area contributed by atoms with Crippen molar-refractivity contribution >= 4 is 15.7 Å². The van der Waals surface area contributed by atoms with Crippen LogP contribution in [0, 0.1) is 0 Å². The van der Waals surface area contributed by atoms with E-state index in [9.17, 15) is 13.2 Å². The number of nitrogens with zero attached hydrogens (tertiary/aromatic N) is 1. The Kier molecular flexibility index (Phi) is 5.97. The monoisotopic (exact) mass is 300 g/mol. The molecule has 7 heteroatoms. The van der Waals surface area contributed by atoms with Gasteiger partial charge in [-0.05, 0) is 31.2 Å². The molecule has 1 rings (SSSR count). The molecule has 112 valence electrons. The maximum Gasteiger partial charge on any atom is 0.237 e. The first kappa shape index (κ1) is 16.5. The number of sulfone groups is 1. The fraction of sp³-hybridized carbons (Fsp3) is 0.462. The largest absolute Gasteiger partial charge is 0.497 e. The van der Waals surface area contributed by atoms with E-state index in [1.165, 1.54) is 24.1 Å². The molecular formula is C13H20N2O4S. The van der Waals surface area contributed by atoms with Gasteiger partial charge in [0.1, 0.15) is 11.5 Å². The quantitative estimate of drug-likeness (QED) is 0.781. The molecule has 0 bridgehead atoms. The second-order valence-electron chi connectivity index (χ2n) is 4.40. The lowest BCUT2D eigenvalue weighted by Gasteiger charge is -2.16. The number of carbonyl (C=O) groups is 1. The van der Waals surface area contributed by atoms with Crippen LogP contribution in [0.4, 0.5) is 0 Å². The van der Waals surface area contributed by atoms with Crippen LogP contribution in [-0.4, -0.2) is 52.2 Å². The van der Waals surface area contributed by atoms with Gasteiger partial charge in [-0.25, -0.2) is 8.42 Å². The molecule has 0 heterocycles. The van der Waals surface area contributed by atoms with Gasteiger partial charge in [0.05, 0.1) is 12.0 Å². The minimum absolute atomic E-state index is 0.0809. The summed E-state index contributed by atoms with van der Waals surface area (Å²) in [6.07, 6.45) is 0.640. The highest BCUT2D eigenvalue weighted by molar-refractivity contribution is 7.92. The van der Waals surface area contributed by atoms with Gasteiger partial charge >= 0.3 is 0 Å². The molecule has 0 unspecified atom stereocenters. The zero-order chi connectivity index (χ0) is 15.2. The van der Waals surface area contributed by atoms with Crippen LogP contribution in [0.3, 0.4) is 0 Å². The fourth-order valence-corrected chi connectivity index (χ4v) is 2.90. The number of rotatable bonds is 7. The number of amides is 1. The fourth-order valence-electron chi connectivity index (χ4n) is 1.60. The average Bonchev–Trinajstić information content (AvgIpc) is 2.44. The third kappa shape index (κ3) is 4.50. The van der Waals surface area contributed by atoms with Crippen molar-refractivity contribution in [1.82, 2.24) is 4.90 Å². The average molecular weight is 300 g/mol. The summed E-state index contributed by atoms with van der Waals surface area (Å²) in [5.74, 6) is -0.558. The second-order valence-corrected chi connectivity index (χ2v) is 6.39. The molecule has 2 N–H and O–H groups in total. The van der Waals surface area contributed by atoms with Gasteiger partial charge in [0.2, 0.25) is 5.91 Å². The van der Waals surface area contributed by atoms with Gasteiger partial charge in [-0.2, -0.15) is 0 Å². The molecule has 20 heavy (non-hydrogen) atoms. The summed E-state index contributed by atoms with van der Waals surface area (Å²) in [5.41, 5.74) is 5.36. The van der Waals surface area contributed by atoms with Gasteiger partial charge in [-0.3, -0.25) is 4.79 Å². The van der Waals surface area contributed by atoms with Gasteiger partial charge in [0.25, 0.3) is 0 Å². The molecule has 0 saturated carbocycles. The van der Waals surface area contributed by atoms with Crippen LogP contribution in [-0.2, 0) is 14.6 Å². The number of benzene rings is 1. The number of nitrogens with two attached hydrogens (primary N) is 1. The molecule has 0 aliphatic carbocycles. The smallest absolute Gasteiger partial charge is 0.237 e. The topological polar surface area (TPSA) is 89.7 Å². The molecule has 0 aromatic heterocycles. The van der Waals surface area contributed by atoms with E-state index in [2.05, 4.69) is 0 Å². The van der Waals surface area contributed by atoms with Crippen LogP contribution in [0.15, 0.2) is 29.2 Å². The molecule has 0 aliphatic heterocycles. The molecule has 0 spiro atoms. The van der Waals surface area contributed by atoms with Crippen LogP contribution in [0.5, 0.6) is 5.75 Å². The third-order valence-corrected chi connectivity index (χ3v) is 4.44. The van der Waals surface area contributed by atoms with Crippen LogP contribution >= 0.6 is 0 Å². The van der Waals surface area contributed by atoms with Crippen molar-refractivity contribution < 1.29 is 17.9 Å². The second kappa shape index (κ2) is 7.25. The summed E-state index contributed by atoms with van der Waals surface area (Å²) >= 11 is 0. The Morgan fingerprint density at radius 1 is 1.40 bits per heavy atom. The summed E-state index contributed by atoms with van der Waals surface area (Å²) in [7, 11) is -0.640. The lowest BCUT2D eigenvalue weighted by Crippen LogP contribution is -2.34. The molecule has 1 amide bonds. The van der Waals surface area contributed by atoms with E-state index >= 15 is 0 Å². The standard InChI is InChI=1S/C13H20N2O4S/c1-15(8-4-7-14)13(16)10-20(17,18)12-6-3-5-11(9-12)19-2/h3,5-6,9H,4,7-8,10,14H2,1-2H3. The lowest BCUT2D eigenvalue weighted by molar-refractivity contribution is -0.127. The van der Waals surface area contributed by atoms with Crippen LogP contribution in [0.25, 0.3) is 0 Å². The van der Waals surface area contributed by atoms with Crippen molar-refractivity contribution in [3.8, 4) is 5.75 Å². The molecule has 0 aliphatic rings. The first-order chi connectivity index (χ1) is 9.40. The highest BCUT2D eigenvalue weighted by atomic mass is 32.2. The zero-order valence-electron chi connectivity index (χ0n) is 11.7. The van der Waals surface area contributed by atoms with E-state index < -0.39 is 21.5 Å². The normalized spacial score (nSPS) is 11.2. The van der Waals surface area contributed by atoms with Gasteiger partial charge in [0.15, 0.2) is 9.84 Å². The molecular weight excluding hydrogens is 280 g/mol. The Labute approximate surface area is 119 Å². The van der Waals surface area contributed by atoms with Crippen LogP contribution < -0.4 is 10.5 Å². The van der Waals surface area contributed by atoms with Crippen LogP contribution in [0.2, 0.25) is 0 Å². The maximum atomic E-state index is 12.2. The summed E-state index contributed by atoms with van der Waals surface area (Å²) in [4.78, 5) is 13.3. The predicted octanol–water partition coefficient (Wildman–Crippen LogP) is 0.276. The zero-order valence-corrected chi connectivity index (χ0v) is 12.5. The summed E-state index contributed by atoms with van der Waals surface area (Å²) in [6, 6.07) is 6.08. The molecule has 0 radical (unpaired) electrons. The SMILES string of the molecule is COc1cccc(S(=O)(=O)CC(=O)N(C)CCCN)c1. The Hall–Kier alpha value is -1.60. The lowest BCUT2D eigenvalue weighted by atomic mass is 10.3. The number of hydrogen-bond acceptors (Lipinski definition) is 5. The summed E-state index contributed by atoms with van der Waals surface area (Å²) < 4.78 is 29.3. The minimum atomic E-state index is -3.66. The number of hydrogen-bond donors (Lipinski definition) is 1. The first-order valence-corrected chi connectivity index (χ1v) is 7.87. The number of ether oxygens (including phenoxy) is 1. The summed E-state index contributed by atoms with van der Waals surface area (Å²) in [6.45, 7) is 0.906. The Morgan fingerprint density at radius 3 is 2.70 bits per heavy atom. The first-order valence-electron chi connectivity index (χ1n) is 6.21. The van der Waals surface area contributed by atoms with E-state index in [4.69, 9.17) is 10.5 Å². The van der Waals surface area contributed by atoms with Crippen LogP contribution in [0.1, 0.15) is 6.42 Å². The Bertz CT molecular complexity index is 557. The third-order valence-electron chi connectivity index (χ3n) is 2.84. The van der Waals surface area contributed by atoms with Crippen molar-refractivity contribution in [3.05, 3.63) is 24.3 Å².